The number of carbonyl (C=O) groups excluding carboxylic acids is 2. The number of nitrogens with two attached hydrogens (primary N) is 1. The van der Waals surface area contributed by atoms with E-state index in [0.717, 1.165) is 6.26 Å². The van der Waals surface area contributed by atoms with Crippen LogP contribution in [0.3, 0.4) is 0 Å². The molecular weight excluding hydrogens is 418 g/mol. The van der Waals surface area contributed by atoms with Crippen LogP contribution >= 0.6 is 23.1 Å². The molecule has 0 aliphatic carbocycles. The zero-order chi connectivity index (χ0) is 20.5. The molecule has 0 aliphatic rings. The number of aromatic nitrogens is 1. The summed E-state index contributed by atoms with van der Waals surface area (Å²) < 4.78 is 24.1. The van der Waals surface area contributed by atoms with Crippen molar-refractivity contribution in [1.82, 2.24) is 4.98 Å². The van der Waals surface area contributed by atoms with Gasteiger partial charge in [-0.3, -0.25) is 14.9 Å². The van der Waals surface area contributed by atoms with E-state index in [9.17, 15) is 18.0 Å². The molecule has 0 saturated carbocycles. The Kier molecular flexibility index (Phi) is 5.73. The van der Waals surface area contributed by atoms with Crippen LogP contribution in [-0.2, 0) is 9.84 Å². The number of benzene rings is 2. The average Bonchev–Trinajstić information content (AvgIpc) is 3.02. The normalized spacial score (nSPS) is 11.5. The second-order valence-corrected chi connectivity index (χ2v) is 10.2. The molecule has 3 rings (SSSR count). The number of nitrogens with one attached hydrogen (secondary N) is 1. The van der Waals surface area contributed by atoms with Gasteiger partial charge in [0.25, 0.3) is 5.91 Å². The predicted molar refractivity (Wildman–Crippen MR) is 112 cm³/mol. The topological polar surface area (TPSA) is 119 Å². The van der Waals surface area contributed by atoms with E-state index in [2.05, 4.69) is 10.3 Å². The van der Waals surface area contributed by atoms with E-state index >= 15 is 0 Å². The predicted octanol–water partition coefficient (Wildman–Crippen LogP) is 3.16. The van der Waals surface area contributed by atoms with E-state index < -0.39 is 21.7 Å². The minimum atomic E-state index is -3.33. The number of thiazole rings is 1. The molecule has 7 nitrogen and oxygen atoms in total. The number of fused-ring (bicyclic) bond motifs is 1. The van der Waals surface area contributed by atoms with E-state index in [1.165, 1.54) is 35.2 Å². The Morgan fingerprint density at radius 3 is 2.57 bits per heavy atom. The summed E-state index contributed by atoms with van der Waals surface area (Å²) in [4.78, 5) is 29.5. The number of anilines is 1. The molecule has 0 unspecified atom stereocenters. The van der Waals surface area contributed by atoms with Crippen molar-refractivity contribution in [2.24, 2.45) is 5.73 Å². The van der Waals surface area contributed by atoms with Gasteiger partial charge in [-0.15, -0.1) is 11.8 Å². The van der Waals surface area contributed by atoms with Crippen molar-refractivity contribution in [2.45, 2.75) is 16.7 Å². The molecule has 0 saturated heterocycles. The number of hydrogen-bond acceptors (Lipinski definition) is 7. The Hall–Kier alpha value is -2.43. The molecule has 2 aromatic carbocycles. The van der Waals surface area contributed by atoms with E-state index in [0.29, 0.717) is 37.1 Å². The van der Waals surface area contributed by atoms with Crippen molar-refractivity contribution in [2.75, 3.05) is 17.3 Å². The molecule has 3 N–H and O–H groups in total. The molecule has 146 valence electrons. The molecule has 0 radical (unpaired) electrons. The molecule has 28 heavy (non-hydrogen) atoms. The van der Waals surface area contributed by atoms with Crippen molar-refractivity contribution in [1.29, 1.82) is 0 Å². The number of nitrogens with zero attached hydrogens (tertiary/aromatic N) is 1. The third-order valence-corrected chi connectivity index (χ3v) is 6.88. The molecule has 0 bridgehead atoms. The first-order valence-corrected chi connectivity index (χ1v) is 11.9. The van der Waals surface area contributed by atoms with E-state index in [4.69, 9.17) is 5.73 Å². The zero-order valence-electron chi connectivity index (χ0n) is 15.1. The summed E-state index contributed by atoms with van der Waals surface area (Å²) in [5.41, 5.74) is 6.63. The van der Waals surface area contributed by atoms with Gasteiger partial charge < -0.3 is 5.73 Å². The van der Waals surface area contributed by atoms with Crippen LogP contribution in [0.4, 0.5) is 5.13 Å². The number of sulfone groups is 1. The first kappa shape index (κ1) is 20.3. The summed E-state index contributed by atoms with van der Waals surface area (Å²) in [6.45, 7) is 1.91. The van der Waals surface area contributed by atoms with Gasteiger partial charge in [0.05, 0.1) is 26.2 Å². The molecule has 0 aliphatic heterocycles. The fourth-order valence-electron chi connectivity index (χ4n) is 2.56. The van der Waals surface area contributed by atoms with Gasteiger partial charge in [0.15, 0.2) is 15.0 Å². The van der Waals surface area contributed by atoms with Crippen LogP contribution in [0.5, 0.6) is 0 Å². The van der Waals surface area contributed by atoms with Crippen molar-refractivity contribution >= 4 is 60.1 Å². The minimum absolute atomic E-state index is 0.192. The van der Waals surface area contributed by atoms with Gasteiger partial charge in [0, 0.05) is 11.2 Å². The highest BCUT2D eigenvalue weighted by molar-refractivity contribution is 7.99. The van der Waals surface area contributed by atoms with Crippen LogP contribution in [0.1, 0.15) is 27.6 Å². The fourth-order valence-corrected chi connectivity index (χ4v) is 5.11. The molecule has 10 heteroatoms. The summed E-state index contributed by atoms with van der Waals surface area (Å²) in [6, 6.07) is 9.42. The number of rotatable bonds is 6. The van der Waals surface area contributed by atoms with Crippen LogP contribution in [-0.4, -0.2) is 37.2 Å². The summed E-state index contributed by atoms with van der Waals surface area (Å²) in [5.74, 6) is -0.347. The first-order chi connectivity index (χ1) is 13.2. The van der Waals surface area contributed by atoms with Crippen molar-refractivity contribution in [3.05, 3.63) is 47.5 Å². The maximum absolute atomic E-state index is 12.8. The lowest BCUT2D eigenvalue weighted by atomic mass is 10.1. The highest BCUT2D eigenvalue weighted by Gasteiger charge is 2.19. The molecular formula is C18H17N3O4S3. The smallest absolute Gasteiger partial charge is 0.258 e. The summed E-state index contributed by atoms with van der Waals surface area (Å²) in [7, 11) is -3.33. The molecule has 0 atom stereocenters. The highest BCUT2D eigenvalue weighted by Crippen LogP contribution is 2.31. The fraction of sp³-hybridized carbons (Fsp3) is 0.167. The van der Waals surface area contributed by atoms with Gasteiger partial charge in [0.2, 0.25) is 5.91 Å². The third kappa shape index (κ3) is 4.18. The van der Waals surface area contributed by atoms with Crippen LogP contribution in [0, 0.1) is 0 Å². The number of primary amides is 1. The summed E-state index contributed by atoms with van der Waals surface area (Å²) in [6.07, 6.45) is 1.14. The lowest BCUT2D eigenvalue weighted by molar-refractivity contribution is 0.0997. The van der Waals surface area contributed by atoms with Gasteiger partial charge in [-0.25, -0.2) is 13.4 Å². The summed E-state index contributed by atoms with van der Waals surface area (Å²) in [5, 5.41) is 3.06. The van der Waals surface area contributed by atoms with Crippen LogP contribution in [0.15, 0.2) is 46.2 Å². The van der Waals surface area contributed by atoms with E-state index in [-0.39, 0.29) is 4.90 Å². The highest BCUT2D eigenvalue weighted by atomic mass is 32.2. The van der Waals surface area contributed by atoms with Crippen molar-refractivity contribution in [3.63, 3.8) is 0 Å². The SMILES string of the molecule is CCSc1c(C(N)=O)cccc1C(=O)Nc1nc2ccc(S(C)(=O)=O)cc2s1. The van der Waals surface area contributed by atoms with Gasteiger partial charge in [-0.2, -0.15) is 0 Å². The molecule has 2 amide bonds. The van der Waals surface area contributed by atoms with Crippen LogP contribution < -0.4 is 11.1 Å². The Bertz CT molecular complexity index is 1190. The number of amides is 2. The van der Waals surface area contributed by atoms with Gasteiger partial charge in [-0.05, 0) is 36.1 Å². The van der Waals surface area contributed by atoms with Crippen LogP contribution in [0.25, 0.3) is 10.2 Å². The number of thioether (sulfide) groups is 1. The van der Waals surface area contributed by atoms with Gasteiger partial charge in [0.1, 0.15) is 0 Å². The van der Waals surface area contributed by atoms with Crippen molar-refractivity contribution in [3.8, 4) is 0 Å². The molecule has 3 aromatic rings. The lowest BCUT2D eigenvalue weighted by Crippen LogP contribution is -2.17. The second-order valence-electron chi connectivity index (χ2n) is 5.85. The number of carbonyl (C=O) groups is 2. The standard InChI is InChI=1S/C18H17N3O4S3/c1-3-26-15-11(16(19)22)5-4-6-12(15)17(23)21-18-20-13-8-7-10(28(2,24)25)9-14(13)27-18/h4-9H,3H2,1-2H3,(H2,19,22)(H,20,21,23). The third-order valence-electron chi connectivity index (χ3n) is 3.82. The Balaban J connectivity index is 1.95. The molecule has 0 spiro atoms. The molecule has 1 aromatic heterocycles. The molecule has 0 fully saturated rings. The minimum Gasteiger partial charge on any atom is -0.366 e. The Morgan fingerprint density at radius 2 is 1.93 bits per heavy atom. The Morgan fingerprint density at radius 1 is 1.21 bits per heavy atom. The van der Waals surface area contributed by atoms with E-state index in [1.807, 2.05) is 6.92 Å². The second kappa shape index (κ2) is 7.90. The molecule has 1 heterocycles. The quantitative estimate of drug-likeness (QED) is 0.574. The largest absolute Gasteiger partial charge is 0.366 e. The maximum atomic E-state index is 12.8. The lowest BCUT2D eigenvalue weighted by Gasteiger charge is -2.11. The Labute approximate surface area is 170 Å². The van der Waals surface area contributed by atoms with Crippen LogP contribution in [0.2, 0.25) is 0 Å². The summed E-state index contributed by atoms with van der Waals surface area (Å²) >= 11 is 2.53. The zero-order valence-corrected chi connectivity index (χ0v) is 17.5. The monoisotopic (exact) mass is 435 g/mol. The van der Waals surface area contributed by atoms with Gasteiger partial charge >= 0.3 is 0 Å². The van der Waals surface area contributed by atoms with Gasteiger partial charge in [-0.1, -0.05) is 24.3 Å². The number of hydrogen-bond donors (Lipinski definition) is 2. The first-order valence-electron chi connectivity index (χ1n) is 8.18. The van der Waals surface area contributed by atoms with E-state index in [1.54, 1.807) is 24.3 Å². The van der Waals surface area contributed by atoms with Crippen molar-refractivity contribution < 1.29 is 18.0 Å². The maximum Gasteiger partial charge on any atom is 0.258 e. The average molecular weight is 436 g/mol.